The molecule has 0 spiro atoms. The minimum absolute atomic E-state index is 0.0651. The Morgan fingerprint density at radius 1 is 1.04 bits per heavy atom. The molecule has 3 amide bonds. The zero-order valence-electron chi connectivity index (χ0n) is 31.4. The number of likely N-dealkylation sites (N-methyl/N-ethyl adjacent to an activating group) is 2. The number of aliphatic hydroxyl groups is 1. The summed E-state index contributed by atoms with van der Waals surface area (Å²) in [6, 6.07) is 9.02. The lowest BCUT2D eigenvalue weighted by Gasteiger charge is -2.27. The van der Waals surface area contributed by atoms with Crippen molar-refractivity contribution in [2.24, 2.45) is 0 Å². The minimum Gasteiger partial charge on any atom is -0.492 e. The first-order chi connectivity index (χ1) is 25.2. The van der Waals surface area contributed by atoms with Crippen LogP contribution < -0.4 is 14.4 Å². The van der Waals surface area contributed by atoms with Crippen molar-refractivity contribution in [2.75, 3.05) is 91.1 Å². The quantitative estimate of drug-likeness (QED) is 0.121. The summed E-state index contributed by atoms with van der Waals surface area (Å²) in [5, 5.41) is 9.98. The molecule has 0 saturated carbocycles. The lowest BCUT2D eigenvalue weighted by atomic mass is 10.0. The molecule has 0 aliphatic carbocycles. The van der Waals surface area contributed by atoms with Crippen molar-refractivity contribution in [2.45, 2.75) is 39.2 Å². The van der Waals surface area contributed by atoms with Gasteiger partial charge in [0, 0.05) is 81.0 Å². The van der Waals surface area contributed by atoms with Crippen molar-refractivity contribution in [3.8, 4) is 11.5 Å². The van der Waals surface area contributed by atoms with Gasteiger partial charge in [-0.3, -0.25) is 4.79 Å². The predicted molar refractivity (Wildman–Crippen MR) is 201 cm³/mol. The van der Waals surface area contributed by atoms with E-state index < -0.39 is 17.8 Å². The number of hydrogen-bond acceptors (Lipinski definition) is 11. The van der Waals surface area contributed by atoms with Gasteiger partial charge < -0.3 is 53.1 Å². The summed E-state index contributed by atoms with van der Waals surface area (Å²) < 4.78 is 28.7. The maximum Gasteiger partial charge on any atom is 0.415 e. The average molecular weight is 757 g/mol. The van der Waals surface area contributed by atoms with Gasteiger partial charge in [-0.25, -0.2) is 14.6 Å². The molecule has 16 heteroatoms. The molecule has 2 aromatic carbocycles. The number of hydrogen-bond donors (Lipinski definition) is 2. The number of H-pyrrole nitrogens is 1. The number of oxazole rings is 1. The van der Waals surface area contributed by atoms with E-state index in [1.165, 1.54) is 9.80 Å². The highest BCUT2D eigenvalue weighted by atomic mass is 35.5. The molecule has 0 fully saturated rings. The number of aromatic amines is 1. The summed E-state index contributed by atoms with van der Waals surface area (Å²) >= 11 is 6.48. The zero-order chi connectivity index (χ0) is 38.4. The number of anilines is 1. The minimum atomic E-state index is -0.741. The highest BCUT2D eigenvalue weighted by Crippen LogP contribution is 2.46. The van der Waals surface area contributed by atoms with E-state index in [4.69, 9.17) is 40.1 Å². The first-order valence-corrected chi connectivity index (χ1v) is 18.0. The molecule has 15 nitrogen and oxygen atoms in total. The molecule has 0 saturated heterocycles. The fourth-order valence-electron chi connectivity index (χ4n) is 5.90. The number of nitrogens with zero attached hydrogens (tertiary/aromatic N) is 5. The van der Waals surface area contributed by atoms with Gasteiger partial charge in [0.15, 0.2) is 17.2 Å². The number of ether oxygens (including phenoxy) is 4. The molecule has 2 N–H and O–H groups in total. The van der Waals surface area contributed by atoms with E-state index >= 15 is 0 Å². The van der Waals surface area contributed by atoms with Gasteiger partial charge in [-0.05, 0) is 59.1 Å². The van der Waals surface area contributed by atoms with Crippen LogP contribution in [0, 0.1) is 6.92 Å². The second kappa shape index (κ2) is 17.1. The van der Waals surface area contributed by atoms with Crippen LogP contribution in [-0.4, -0.2) is 140 Å². The van der Waals surface area contributed by atoms with Gasteiger partial charge >= 0.3 is 12.2 Å². The fourth-order valence-corrected chi connectivity index (χ4v) is 6.15. The largest absolute Gasteiger partial charge is 0.492 e. The standard InChI is InChI=1S/C37H49ClN6O9/c1-23-39-32-31-25(21-38)22-44(34(46)28-19-24-18-26(8-9-27(24)40-28)50-16-12-41(5)6)29(31)20-30(33(32)51-23)52-36(48)43(13-15-49-17-14-45)11-10-42(7)35(47)53-37(2,3)4/h8-9,18-20,25,40,45H,10-17,21-22H2,1-7H3. The monoisotopic (exact) mass is 756 g/mol. The van der Waals surface area contributed by atoms with E-state index in [9.17, 15) is 14.4 Å². The number of fused-ring (bicyclic) bond motifs is 4. The Labute approximate surface area is 313 Å². The number of carbonyl (C=O) groups is 3. The van der Waals surface area contributed by atoms with Crippen molar-refractivity contribution >= 4 is 57.4 Å². The highest BCUT2D eigenvalue weighted by molar-refractivity contribution is 6.19. The lowest BCUT2D eigenvalue weighted by Crippen LogP contribution is -2.43. The van der Waals surface area contributed by atoms with Gasteiger partial charge in [0.2, 0.25) is 0 Å². The Bertz CT molecular complexity index is 1920. The number of aromatic nitrogens is 2. The number of benzene rings is 2. The number of aliphatic hydroxyl groups excluding tert-OH is 1. The molecule has 4 aromatic rings. The first kappa shape index (κ1) is 39.6. The van der Waals surface area contributed by atoms with Gasteiger partial charge in [-0.15, -0.1) is 11.6 Å². The highest BCUT2D eigenvalue weighted by Gasteiger charge is 2.38. The number of amides is 3. The van der Waals surface area contributed by atoms with Gasteiger partial charge in [0.25, 0.3) is 5.91 Å². The van der Waals surface area contributed by atoms with Gasteiger partial charge in [0.1, 0.15) is 29.2 Å². The number of rotatable bonds is 15. The van der Waals surface area contributed by atoms with Crippen LogP contribution >= 0.6 is 11.6 Å². The number of alkyl halides is 1. The first-order valence-electron chi connectivity index (χ1n) is 17.5. The molecule has 1 unspecified atom stereocenters. The van der Waals surface area contributed by atoms with Crippen molar-refractivity contribution < 1.29 is 42.9 Å². The van der Waals surface area contributed by atoms with E-state index in [0.29, 0.717) is 35.1 Å². The second-order valence-electron chi connectivity index (χ2n) is 14.2. The predicted octanol–water partition coefficient (Wildman–Crippen LogP) is 5.22. The van der Waals surface area contributed by atoms with Crippen molar-refractivity contribution in [3.05, 3.63) is 47.5 Å². The summed E-state index contributed by atoms with van der Waals surface area (Å²) in [6.07, 6.45) is -1.28. The SMILES string of the molecule is Cc1nc2c3c(cc(OC(=O)N(CCOCCO)CCN(C)C(=O)OC(C)(C)C)c2o1)N(C(=O)c1cc2cc(OCCN(C)C)ccc2[nH]1)CC3CCl. The maximum absolute atomic E-state index is 14.2. The molecule has 53 heavy (non-hydrogen) atoms. The average Bonchev–Trinajstić information content (AvgIpc) is 3.80. The topological polar surface area (TPSA) is 163 Å². The van der Waals surface area contributed by atoms with Gasteiger partial charge in [-0.2, -0.15) is 0 Å². The van der Waals surface area contributed by atoms with Crippen LogP contribution in [-0.2, 0) is 9.47 Å². The number of carbonyl (C=O) groups excluding carboxylic acids is 3. The smallest absolute Gasteiger partial charge is 0.415 e. The molecule has 1 aliphatic rings. The molecule has 2 aromatic heterocycles. The Morgan fingerprint density at radius 2 is 1.81 bits per heavy atom. The van der Waals surface area contributed by atoms with Crippen LogP contribution in [0.4, 0.5) is 15.3 Å². The van der Waals surface area contributed by atoms with Crippen molar-refractivity contribution in [1.82, 2.24) is 24.7 Å². The van der Waals surface area contributed by atoms with Crippen molar-refractivity contribution in [1.29, 1.82) is 0 Å². The lowest BCUT2D eigenvalue weighted by molar-refractivity contribution is 0.0273. The number of halogens is 1. The Kier molecular flexibility index (Phi) is 12.8. The third-order valence-corrected chi connectivity index (χ3v) is 8.90. The van der Waals surface area contributed by atoms with Crippen molar-refractivity contribution in [3.63, 3.8) is 0 Å². The molecule has 5 rings (SSSR count). The summed E-state index contributed by atoms with van der Waals surface area (Å²) in [5.74, 6) is 0.759. The Morgan fingerprint density at radius 3 is 2.51 bits per heavy atom. The van der Waals surface area contributed by atoms with Crippen LogP contribution in [0.25, 0.3) is 22.0 Å². The molecule has 1 atom stereocenters. The normalized spacial score (nSPS) is 14.2. The Balaban J connectivity index is 1.42. The molecule has 0 bridgehead atoms. The van der Waals surface area contributed by atoms with Crippen LogP contribution in [0.1, 0.15) is 48.6 Å². The Hall–Kier alpha value is -4.57. The third kappa shape index (κ3) is 9.71. The molecular formula is C37H49ClN6O9. The summed E-state index contributed by atoms with van der Waals surface area (Å²) in [4.78, 5) is 54.9. The van der Waals surface area contributed by atoms with E-state index in [1.807, 2.05) is 37.2 Å². The molecular weight excluding hydrogens is 708 g/mol. The molecule has 0 radical (unpaired) electrons. The maximum atomic E-state index is 14.2. The van der Waals surface area contributed by atoms with Crippen LogP contribution in [0.2, 0.25) is 0 Å². The van der Waals surface area contributed by atoms with Gasteiger partial charge in [0.05, 0.1) is 25.5 Å². The van der Waals surface area contributed by atoms with Crippen LogP contribution in [0.5, 0.6) is 11.5 Å². The molecule has 1 aliphatic heterocycles. The zero-order valence-corrected chi connectivity index (χ0v) is 32.1. The van der Waals surface area contributed by atoms with E-state index in [-0.39, 0.29) is 75.0 Å². The second-order valence-corrected chi connectivity index (χ2v) is 14.5. The number of aryl methyl sites for hydroxylation is 1. The van der Waals surface area contributed by atoms with Crippen LogP contribution in [0.15, 0.2) is 34.7 Å². The molecule has 3 heterocycles. The number of nitrogens with one attached hydrogen (secondary N) is 1. The summed E-state index contributed by atoms with van der Waals surface area (Å²) in [7, 11) is 5.53. The fraction of sp³-hybridized carbons (Fsp3) is 0.514. The van der Waals surface area contributed by atoms with E-state index in [2.05, 4.69) is 9.97 Å². The van der Waals surface area contributed by atoms with E-state index in [0.717, 1.165) is 23.0 Å². The van der Waals surface area contributed by atoms with Crippen LogP contribution in [0.3, 0.4) is 0 Å². The summed E-state index contributed by atoms with van der Waals surface area (Å²) in [5.41, 5.74) is 2.37. The van der Waals surface area contributed by atoms with E-state index in [1.54, 1.807) is 51.8 Å². The molecule has 288 valence electrons. The summed E-state index contributed by atoms with van der Waals surface area (Å²) in [6.45, 7) is 8.93. The third-order valence-electron chi connectivity index (χ3n) is 8.53. The van der Waals surface area contributed by atoms with Gasteiger partial charge in [-0.1, -0.05) is 0 Å².